The molecule has 0 radical (unpaired) electrons. The van der Waals surface area contributed by atoms with Crippen LogP contribution >= 0.6 is 0 Å². The largest absolute Gasteiger partial charge is 0.313 e. The second-order valence-corrected chi connectivity index (χ2v) is 3.91. The number of rotatable bonds is 4. The minimum Gasteiger partial charge on any atom is -0.313 e. The number of hydrogen-bond donors (Lipinski definition) is 1. The number of nitrogens with zero attached hydrogens (tertiary/aromatic N) is 4. The molecule has 2 rings (SSSR count). The van der Waals surface area contributed by atoms with Gasteiger partial charge in [0, 0.05) is 36.4 Å². The zero-order valence-electron chi connectivity index (χ0n) is 10.4. The molecule has 0 spiro atoms. The van der Waals surface area contributed by atoms with E-state index in [0.29, 0.717) is 5.95 Å². The standard InChI is InChI=1S/C12H17N5/c1-4-13-7-11-8-15-12(16-9(11)2)17-6-5-14-10(17)3/h5-6,8,13H,4,7H2,1-3H3. The molecule has 5 heteroatoms. The van der Waals surface area contributed by atoms with E-state index in [9.17, 15) is 0 Å². The fraction of sp³-hybridized carbons (Fsp3) is 0.417. The van der Waals surface area contributed by atoms with Crippen LogP contribution in [0.1, 0.15) is 24.0 Å². The van der Waals surface area contributed by atoms with Gasteiger partial charge in [-0.25, -0.2) is 15.0 Å². The van der Waals surface area contributed by atoms with E-state index in [1.54, 1.807) is 6.20 Å². The fourth-order valence-corrected chi connectivity index (χ4v) is 1.62. The van der Waals surface area contributed by atoms with Crippen molar-refractivity contribution in [1.29, 1.82) is 0 Å². The second-order valence-electron chi connectivity index (χ2n) is 3.91. The molecule has 0 aliphatic rings. The average molecular weight is 231 g/mol. The molecule has 0 aliphatic carbocycles. The summed E-state index contributed by atoms with van der Waals surface area (Å²) in [6.07, 6.45) is 5.49. The lowest BCUT2D eigenvalue weighted by Gasteiger charge is -2.08. The average Bonchev–Trinajstić information content (AvgIpc) is 2.74. The quantitative estimate of drug-likeness (QED) is 0.864. The van der Waals surface area contributed by atoms with Crippen molar-refractivity contribution in [2.45, 2.75) is 27.3 Å². The van der Waals surface area contributed by atoms with E-state index in [1.165, 1.54) is 0 Å². The summed E-state index contributed by atoms with van der Waals surface area (Å²) in [6, 6.07) is 0. The minimum absolute atomic E-state index is 0.678. The van der Waals surface area contributed by atoms with Crippen LogP contribution in [0.5, 0.6) is 0 Å². The van der Waals surface area contributed by atoms with Crippen LogP contribution in [0, 0.1) is 13.8 Å². The van der Waals surface area contributed by atoms with Crippen LogP contribution in [0.25, 0.3) is 5.95 Å². The van der Waals surface area contributed by atoms with Gasteiger partial charge in [-0.1, -0.05) is 6.92 Å². The molecular weight excluding hydrogens is 214 g/mol. The van der Waals surface area contributed by atoms with Crippen molar-refractivity contribution < 1.29 is 0 Å². The molecule has 0 unspecified atom stereocenters. The summed E-state index contributed by atoms with van der Waals surface area (Å²) in [5.74, 6) is 1.57. The number of hydrogen-bond acceptors (Lipinski definition) is 4. The van der Waals surface area contributed by atoms with Gasteiger partial charge in [0.05, 0.1) is 0 Å². The fourth-order valence-electron chi connectivity index (χ4n) is 1.62. The van der Waals surface area contributed by atoms with Crippen LogP contribution in [-0.4, -0.2) is 26.1 Å². The summed E-state index contributed by atoms with van der Waals surface area (Å²) < 4.78 is 1.88. The first kappa shape index (κ1) is 11.7. The molecule has 0 saturated carbocycles. The highest BCUT2D eigenvalue weighted by Gasteiger charge is 2.06. The van der Waals surface area contributed by atoms with Gasteiger partial charge in [0.25, 0.3) is 0 Å². The first-order chi connectivity index (χ1) is 8.22. The Bertz CT molecular complexity index is 503. The van der Waals surface area contributed by atoms with Crippen molar-refractivity contribution in [2.75, 3.05) is 6.54 Å². The molecule has 0 bridgehead atoms. The molecule has 0 aromatic carbocycles. The molecule has 5 nitrogen and oxygen atoms in total. The highest BCUT2D eigenvalue weighted by Crippen LogP contribution is 2.08. The molecule has 0 atom stereocenters. The van der Waals surface area contributed by atoms with Gasteiger partial charge in [0.1, 0.15) is 5.82 Å². The zero-order valence-corrected chi connectivity index (χ0v) is 10.4. The van der Waals surface area contributed by atoms with Crippen LogP contribution in [0.15, 0.2) is 18.6 Å². The van der Waals surface area contributed by atoms with Gasteiger partial charge < -0.3 is 5.32 Å². The van der Waals surface area contributed by atoms with Crippen LogP contribution in [0.2, 0.25) is 0 Å². The predicted octanol–water partition coefficient (Wildman–Crippen LogP) is 1.39. The lowest BCUT2D eigenvalue weighted by Crippen LogP contribution is -2.14. The summed E-state index contributed by atoms with van der Waals surface area (Å²) in [4.78, 5) is 13.0. The molecule has 1 N–H and O–H groups in total. The van der Waals surface area contributed by atoms with Crippen molar-refractivity contribution in [1.82, 2.24) is 24.8 Å². The van der Waals surface area contributed by atoms with E-state index in [0.717, 1.165) is 30.2 Å². The Kier molecular flexibility index (Phi) is 3.49. The third kappa shape index (κ3) is 2.50. The van der Waals surface area contributed by atoms with Crippen molar-refractivity contribution in [3.8, 4) is 5.95 Å². The molecule has 0 amide bonds. The number of aromatic nitrogens is 4. The number of nitrogens with one attached hydrogen (secondary N) is 1. The summed E-state index contributed by atoms with van der Waals surface area (Å²) in [5, 5.41) is 3.27. The SMILES string of the molecule is CCNCc1cnc(-n2ccnc2C)nc1C. The molecule has 0 saturated heterocycles. The molecule has 2 heterocycles. The third-order valence-corrected chi connectivity index (χ3v) is 2.67. The summed E-state index contributed by atoms with van der Waals surface area (Å²) in [7, 11) is 0. The molecule has 17 heavy (non-hydrogen) atoms. The van der Waals surface area contributed by atoms with E-state index in [-0.39, 0.29) is 0 Å². The lowest BCUT2D eigenvalue weighted by atomic mass is 10.2. The van der Waals surface area contributed by atoms with Gasteiger partial charge in [0.2, 0.25) is 5.95 Å². The van der Waals surface area contributed by atoms with Crippen molar-refractivity contribution >= 4 is 0 Å². The molecule has 0 fully saturated rings. The molecule has 0 aliphatic heterocycles. The van der Waals surface area contributed by atoms with Crippen LogP contribution in [0.3, 0.4) is 0 Å². The lowest BCUT2D eigenvalue weighted by molar-refractivity contribution is 0.712. The zero-order chi connectivity index (χ0) is 12.3. The van der Waals surface area contributed by atoms with Gasteiger partial charge in [0.15, 0.2) is 0 Å². The first-order valence-electron chi connectivity index (χ1n) is 5.76. The maximum atomic E-state index is 4.50. The molecular formula is C12H17N5. The summed E-state index contributed by atoms with van der Waals surface area (Å²) >= 11 is 0. The maximum Gasteiger partial charge on any atom is 0.235 e. The van der Waals surface area contributed by atoms with Crippen molar-refractivity contribution in [2.24, 2.45) is 0 Å². The monoisotopic (exact) mass is 231 g/mol. The highest BCUT2D eigenvalue weighted by atomic mass is 15.2. The summed E-state index contributed by atoms with van der Waals surface area (Å²) in [6.45, 7) is 7.78. The summed E-state index contributed by atoms with van der Waals surface area (Å²) in [5.41, 5.74) is 2.14. The van der Waals surface area contributed by atoms with Crippen molar-refractivity contribution in [3.05, 3.63) is 35.7 Å². The van der Waals surface area contributed by atoms with E-state index in [1.807, 2.05) is 30.8 Å². The third-order valence-electron chi connectivity index (χ3n) is 2.67. The highest BCUT2D eigenvalue weighted by molar-refractivity contribution is 5.23. The molecule has 90 valence electrons. The Labute approximate surface area is 101 Å². The minimum atomic E-state index is 0.678. The van der Waals surface area contributed by atoms with Gasteiger partial charge in [-0.15, -0.1) is 0 Å². The van der Waals surface area contributed by atoms with E-state index in [2.05, 4.69) is 27.2 Å². The van der Waals surface area contributed by atoms with Crippen LogP contribution in [-0.2, 0) is 6.54 Å². The Morgan fingerprint density at radius 1 is 1.29 bits per heavy atom. The van der Waals surface area contributed by atoms with Gasteiger partial charge >= 0.3 is 0 Å². The van der Waals surface area contributed by atoms with Crippen LogP contribution < -0.4 is 5.32 Å². The topological polar surface area (TPSA) is 55.6 Å². The van der Waals surface area contributed by atoms with Crippen LogP contribution in [0.4, 0.5) is 0 Å². The van der Waals surface area contributed by atoms with Gasteiger partial charge in [-0.2, -0.15) is 0 Å². The Balaban J connectivity index is 2.28. The number of imidazole rings is 1. The number of aryl methyl sites for hydroxylation is 2. The maximum absolute atomic E-state index is 4.50. The van der Waals surface area contributed by atoms with E-state index >= 15 is 0 Å². The normalized spacial score (nSPS) is 10.8. The Hall–Kier alpha value is -1.75. The van der Waals surface area contributed by atoms with E-state index < -0.39 is 0 Å². The molecule has 2 aromatic heterocycles. The van der Waals surface area contributed by atoms with Gasteiger partial charge in [-0.3, -0.25) is 4.57 Å². The van der Waals surface area contributed by atoms with Gasteiger partial charge in [-0.05, 0) is 20.4 Å². The second kappa shape index (κ2) is 5.05. The Morgan fingerprint density at radius 3 is 2.71 bits per heavy atom. The predicted molar refractivity (Wildman–Crippen MR) is 66.0 cm³/mol. The van der Waals surface area contributed by atoms with E-state index in [4.69, 9.17) is 0 Å². The smallest absolute Gasteiger partial charge is 0.235 e. The first-order valence-corrected chi connectivity index (χ1v) is 5.76. The van der Waals surface area contributed by atoms with Crippen molar-refractivity contribution in [3.63, 3.8) is 0 Å². The molecule has 2 aromatic rings. The Morgan fingerprint density at radius 2 is 2.12 bits per heavy atom.